The summed E-state index contributed by atoms with van der Waals surface area (Å²) in [6.45, 7) is 7.06. The Morgan fingerprint density at radius 1 is 1.37 bits per heavy atom. The number of carbonyl (C=O) groups is 1. The predicted octanol–water partition coefficient (Wildman–Crippen LogP) is 2.74. The van der Waals surface area contributed by atoms with E-state index in [1.54, 1.807) is 0 Å². The van der Waals surface area contributed by atoms with E-state index in [1.807, 2.05) is 24.3 Å². The van der Waals surface area contributed by atoms with Crippen molar-refractivity contribution in [3.05, 3.63) is 35.4 Å². The van der Waals surface area contributed by atoms with Gasteiger partial charge in [-0.25, -0.2) is 0 Å². The lowest BCUT2D eigenvalue weighted by molar-refractivity contribution is 0.0935. The zero-order chi connectivity index (χ0) is 14.3. The molecular formula is C16H26N2O. The van der Waals surface area contributed by atoms with Crippen molar-refractivity contribution in [3.63, 3.8) is 0 Å². The maximum absolute atomic E-state index is 12.1. The highest BCUT2D eigenvalue weighted by atomic mass is 16.1. The predicted molar refractivity (Wildman–Crippen MR) is 80.2 cm³/mol. The fraction of sp³-hybridized carbons (Fsp3) is 0.562. The Labute approximate surface area is 116 Å². The van der Waals surface area contributed by atoms with Crippen LogP contribution in [0.15, 0.2) is 24.3 Å². The largest absolute Gasteiger partial charge is 0.350 e. The quantitative estimate of drug-likeness (QED) is 0.794. The van der Waals surface area contributed by atoms with Gasteiger partial charge in [-0.2, -0.15) is 0 Å². The molecular weight excluding hydrogens is 236 g/mol. The third-order valence-corrected chi connectivity index (χ3v) is 3.45. The third kappa shape index (κ3) is 5.43. The Morgan fingerprint density at radius 3 is 2.74 bits per heavy atom. The topological polar surface area (TPSA) is 55.1 Å². The van der Waals surface area contributed by atoms with Crippen LogP contribution in [0.4, 0.5) is 0 Å². The molecule has 0 heterocycles. The molecule has 0 aromatic heterocycles. The number of rotatable bonds is 7. The maximum atomic E-state index is 12.1. The highest BCUT2D eigenvalue weighted by Gasteiger charge is 2.12. The Hall–Kier alpha value is -1.35. The van der Waals surface area contributed by atoms with E-state index in [0.29, 0.717) is 12.5 Å². The van der Waals surface area contributed by atoms with E-state index >= 15 is 0 Å². The van der Waals surface area contributed by atoms with Crippen LogP contribution in [0.5, 0.6) is 0 Å². The minimum Gasteiger partial charge on any atom is -0.350 e. The van der Waals surface area contributed by atoms with Crippen LogP contribution < -0.4 is 11.1 Å². The van der Waals surface area contributed by atoms with Crippen molar-refractivity contribution >= 4 is 5.91 Å². The molecule has 0 aliphatic rings. The molecule has 3 N–H and O–H groups in total. The molecule has 0 bridgehead atoms. The fourth-order valence-electron chi connectivity index (χ4n) is 2.17. The first-order chi connectivity index (χ1) is 9.06. The lowest BCUT2D eigenvalue weighted by atomic mass is 10.00. The summed E-state index contributed by atoms with van der Waals surface area (Å²) in [6, 6.07) is 7.91. The summed E-state index contributed by atoms with van der Waals surface area (Å²) < 4.78 is 0. The number of hydrogen-bond donors (Lipinski definition) is 2. The van der Waals surface area contributed by atoms with Crippen molar-refractivity contribution in [2.45, 2.75) is 46.1 Å². The summed E-state index contributed by atoms with van der Waals surface area (Å²) >= 11 is 0. The number of carbonyl (C=O) groups excluding carboxylic acids is 1. The molecule has 0 aliphatic heterocycles. The molecule has 0 fully saturated rings. The van der Waals surface area contributed by atoms with Crippen molar-refractivity contribution in [1.29, 1.82) is 0 Å². The van der Waals surface area contributed by atoms with Gasteiger partial charge < -0.3 is 11.1 Å². The number of hydrogen-bond acceptors (Lipinski definition) is 2. The zero-order valence-electron chi connectivity index (χ0n) is 12.3. The van der Waals surface area contributed by atoms with Gasteiger partial charge in [0.05, 0.1) is 0 Å². The molecule has 1 aromatic rings. The Bertz CT molecular complexity index is 403. The molecule has 2 unspecified atom stereocenters. The number of nitrogens with two attached hydrogens (primary N) is 1. The second-order valence-corrected chi connectivity index (χ2v) is 5.36. The summed E-state index contributed by atoms with van der Waals surface area (Å²) in [5.74, 6) is 0.647. The highest BCUT2D eigenvalue weighted by Crippen LogP contribution is 2.11. The van der Waals surface area contributed by atoms with E-state index < -0.39 is 0 Å². The van der Waals surface area contributed by atoms with Crippen molar-refractivity contribution in [1.82, 2.24) is 5.32 Å². The van der Waals surface area contributed by atoms with E-state index in [0.717, 1.165) is 30.4 Å². The van der Waals surface area contributed by atoms with Crippen LogP contribution >= 0.6 is 0 Å². The van der Waals surface area contributed by atoms with E-state index in [2.05, 4.69) is 26.1 Å². The summed E-state index contributed by atoms with van der Waals surface area (Å²) in [6.07, 6.45) is 2.97. The first-order valence-electron chi connectivity index (χ1n) is 7.16. The molecule has 3 nitrogen and oxygen atoms in total. The summed E-state index contributed by atoms with van der Waals surface area (Å²) in [5, 5.41) is 3.06. The van der Waals surface area contributed by atoms with Crippen LogP contribution in [0.2, 0.25) is 0 Å². The Morgan fingerprint density at radius 2 is 2.11 bits per heavy atom. The molecule has 2 atom stereocenters. The SMILES string of the molecule is CCC(C)CC(C)NC(=O)c1cccc(CCN)c1. The number of amides is 1. The van der Waals surface area contributed by atoms with Crippen LogP contribution in [-0.4, -0.2) is 18.5 Å². The first kappa shape index (κ1) is 15.7. The Kier molecular flexibility index (Phi) is 6.57. The standard InChI is InChI=1S/C16H26N2O/c1-4-12(2)10-13(3)18-16(19)15-7-5-6-14(11-15)8-9-17/h5-7,11-13H,4,8-10,17H2,1-3H3,(H,18,19). The van der Waals surface area contributed by atoms with Gasteiger partial charge in [0, 0.05) is 11.6 Å². The van der Waals surface area contributed by atoms with Gasteiger partial charge in [-0.15, -0.1) is 0 Å². The first-order valence-corrected chi connectivity index (χ1v) is 7.16. The minimum absolute atomic E-state index is 0.00896. The average molecular weight is 262 g/mol. The molecule has 0 spiro atoms. The Balaban J connectivity index is 2.59. The molecule has 3 heteroatoms. The van der Waals surface area contributed by atoms with Gasteiger partial charge in [0.1, 0.15) is 0 Å². The lowest BCUT2D eigenvalue weighted by Crippen LogP contribution is -2.33. The zero-order valence-corrected chi connectivity index (χ0v) is 12.3. The van der Waals surface area contributed by atoms with Gasteiger partial charge in [-0.3, -0.25) is 4.79 Å². The molecule has 1 amide bonds. The van der Waals surface area contributed by atoms with Crippen molar-refractivity contribution in [2.75, 3.05) is 6.54 Å². The molecule has 0 saturated heterocycles. The highest BCUT2D eigenvalue weighted by molar-refractivity contribution is 5.94. The summed E-state index contributed by atoms with van der Waals surface area (Å²) in [5.41, 5.74) is 7.38. The van der Waals surface area contributed by atoms with Gasteiger partial charge in [-0.1, -0.05) is 32.4 Å². The van der Waals surface area contributed by atoms with Crippen LogP contribution in [0.3, 0.4) is 0 Å². The maximum Gasteiger partial charge on any atom is 0.251 e. The van der Waals surface area contributed by atoms with Crippen LogP contribution in [0.1, 0.15) is 49.5 Å². The van der Waals surface area contributed by atoms with Gasteiger partial charge in [0.25, 0.3) is 5.91 Å². The third-order valence-electron chi connectivity index (χ3n) is 3.45. The van der Waals surface area contributed by atoms with Crippen molar-refractivity contribution in [2.24, 2.45) is 11.7 Å². The second kappa shape index (κ2) is 7.95. The second-order valence-electron chi connectivity index (χ2n) is 5.36. The number of benzene rings is 1. The molecule has 1 aromatic carbocycles. The molecule has 19 heavy (non-hydrogen) atoms. The summed E-state index contributed by atoms with van der Waals surface area (Å²) in [4.78, 5) is 12.1. The van der Waals surface area contributed by atoms with Gasteiger partial charge >= 0.3 is 0 Å². The van der Waals surface area contributed by atoms with Gasteiger partial charge in [-0.05, 0) is 49.9 Å². The van der Waals surface area contributed by atoms with E-state index in [9.17, 15) is 4.79 Å². The smallest absolute Gasteiger partial charge is 0.251 e. The van der Waals surface area contributed by atoms with Crippen molar-refractivity contribution < 1.29 is 4.79 Å². The summed E-state index contributed by atoms with van der Waals surface area (Å²) in [7, 11) is 0. The van der Waals surface area contributed by atoms with Crippen LogP contribution in [0.25, 0.3) is 0 Å². The molecule has 0 saturated carbocycles. The monoisotopic (exact) mass is 262 g/mol. The fourth-order valence-corrected chi connectivity index (χ4v) is 2.17. The van der Waals surface area contributed by atoms with Gasteiger partial charge in [0.2, 0.25) is 0 Å². The van der Waals surface area contributed by atoms with Crippen LogP contribution in [-0.2, 0) is 6.42 Å². The van der Waals surface area contributed by atoms with E-state index in [4.69, 9.17) is 5.73 Å². The molecule has 1 rings (SSSR count). The molecule has 0 aliphatic carbocycles. The van der Waals surface area contributed by atoms with E-state index in [1.165, 1.54) is 0 Å². The normalized spacial score (nSPS) is 13.9. The van der Waals surface area contributed by atoms with E-state index in [-0.39, 0.29) is 11.9 Å². The van der Waals surface area contributed by atoms with Gasteiger partial charge in [0.15, 0.2) is 0 Å². The minimum atomic E-state index is 0.00896. The van der Waals surface area contributed by atoms with Crippen molar-refractivity contribution in [3.8, 4) is 0 Å². The number of nitrogens with one attached hydrogen (secondary N) is 1. The molecule has 106 valence electrons. The molecule has 0 radical (unpaired) electrons. The lowest BCUT2D eigenvalue weighted by Gasteiger charge is -2.17. The average Bonchev–Trinajstić information content (AvgIpc) is 2.39. The van der Waals surface area contributed by atoms with Crippen LogP contribution in [0, 0.1) is 5.92 Å².